The molecule has 1 aromatic rings. The van der Waals surface area contributed by atoms with Gasteiger partial charge in [-0.2, -0.15) is 0 Å². The van der Waals surface area contributed by atoms with Gasteiger partial charge in [-0.25, -0.2) is 4.39 Å². The van der Waals surface area contributed by atoms with Crippen LogP contribution in [0.1, 0.15) is 45.1 Å². The van der Waals surface area contributed by atoms with Crippen molar-refractivity contribution in [1.82, 2.24) is 5.32 Å². The molecule has 0 bridgehead atoms. The van der Waals surface area contributed by atoms with Crippen LogP contribution in [0.5, 0.6) is 0 Å². The van der Waals surface area contributed by atoms with Crippen molar-refractivity contribution in [1.29, 1.82) is 0 Å². The number of amides is 1. The minimum atomic E-state index is -0.432. The Labute approximate surface area is 138 Å². The lowest BCUT2D eigenvalue weighted by Crippen LogP contribution is -2.39. The van der Waals surface area contributed by atoms with Crippen molar-refractivity contribution >= 4 is 18.3 Å². The lowest BCUT2D eigenvalue weighted by atomic mass is 9.84. The number of hydrogen-bond acceptors (Lipinski definition) is 2. The molecule has 0 aromatic heterocycles. The van der Waals surface area contributed by atoms with E-state index in [0.29, 0.717) is 24.4 Å². The van der Waals surface area contributed by atoms with Crippen LogP contribution >= 0.6 is 12.4 Å². The van der Waals surface area contributed by atoms with Crippen LogP contribution in [0.15, 0.2) is 24.3 Å². The summed E-state index contributed by atoms with van der Waals surface area (Å²) in [5, 5.41) is 2.93. The van der Waals surface area contributed by atoms with E-state index in [4.69, 9.17) is 5.73 Å². The highest BCUT2D eigenvalue weighted by molar-refractivity contribution is 5.85. The van der Waals surface area contributed by atoms with Crippen molar-refractivity contribution in [3.8, 4) is 0 Å². The quantitative estimate of drug-likeness (QED) is 0.872. The number of benzene rings is 1. The Kier molecular flexibility index (Phi) is 6.82. The Balaban J connectivity index is 0.00000242. The smallest absolute Gasteiger partial charge is 0.220 e. The average molecular weight is 329 g/mol. The number of carbonyl (C=O) groups is 1. The fourth-order valence-electron chi connectivity index (χ4n) is 3.05. The SMILES string of the molecule is CC(C)(CNC(=O)C[C@@H]1CCC[C@H]1N)c1ccccc1F.Cl. The molecule has 1 aliphatic carbocycles. The standard InChI is InChI=1S/C17H25FN2O.ClH/c1-17(2,13-7-3-4-8-14(13)18)11-20-16(21)10-12-6-5-9-15(12)19;/h3-4,7-8,12,15H,5-6,9-11,19H2,1-2H3,(H,20,21);1H/t12-,15+;/m0./s1. The van der Waals surface area contributed by atoms with Crippen LogP contribution in [0, 0.1) is 11.7 Å². The summed E-state index contributed by atoms with van der Waals surface area (Å²) in [5.41, 5.74) is 6.19. The first-order valence-electron chi connectivity index (χ1n) is 7.67. The predicted molar refractivity (Wildman–Crippen MR) is 89.6 cm³/mol. The molecule has 1 aliphatic rings. The molecule has 124 valence electrons. The van der Waals surface area contributed by atoms with Crippen molar-refractivity contribution in [3.05, 3.63) is 35.6 Å². The first-order chi connectivity index (χ1) is 9.90. The van der Waals surface area contributed by atoms with Gasteiger partial charge in [0.25, 0.3) is 0 Å². The molecule has 1 amide bonds. The maximum absolute atomic E-state index is 13.9. The molecule has 3 nitrogen and oxygen atoms in total. The van der Waals surface area contributed by atoms with Crippen molar-refractivity contribution in [2.45, 2.75) is 51.0 Å². The topological polar surface area (TPSA) is 55.1 Å². The molecule has 3 N–H and O–H groups in total. The van der Waals surface area contributed by atoms with Gasteiger partial charge in [-0.05, 0) is 30.4 Å². The molecular weight excluding hydrogens is 303 g/mol. The van der Waals surface area contributed by atoms with E-state index in [0.717, 1.165) is 19.3 Å². The summed E-state index contributed by atoms with van der Waals surface area (Å²) >= 11 is 0. The van der Waals surface area contributed by atoms with Gasteiger partial charge in [-0.15, -0.1) is 12.4 Å². The Morgan fingerprint density at radius 3 is 2.64 bits per heavy atom. The highest BCUT2D eigenvalue weighted by atomic mass is 35.5. The molecule has 22 heavy (non-hydrogen) atoms. The maximum Gasteiger partial charge on any atom is 0.220 e. The Hall–Kier alpha value is -1.13. The first kappa shape index (κ1) is 18.9. The molecule has 0 unspecified atom stereocenters. The van der Waals surface area contributed by atoms with Gasteiger partial charge in [0, 0.05) is 24.4 Å². The molecule has 0 saturated heterocycles. The molecule has 2 atom stereocenters. The molecule has 5 heteroatoms. The number of carbonyl (C=O) groups excluding carboxylic acids is 1. The maximum atomic E-state index is 13.9. The molecule has 1 fully saturated rings. The molecule has 0 aliphatic heterocycles. The number of nitrogens with one attached hydrogen (secondary N) is 1. The third-order valence-corrected chi connectivity index (χ3v) is 4.50. The van der Waals surface area contributed by atoms with E-state index in [9.17, 15) is 9.18 Å². The summed E-state index contributed by atoms with van der Waals surface area (Å²) in [6, 6.07) is 6.87. The van der Waals surface area contributed by atoms with E-state index >= 15 is 0 Å². The van der Waals surface area contributed by atoms with Crippen LogP contribution in [-0.2, 0) is 10.2 Å². The average Bonchev–Trinajstić information content (AvgIpc) is 2.82. The van der Waals surface area contributed by atoms with Gasteiger partial charge < -0.3 is 11.1 Å². The lowest BCUT2D eigenvalue weighted by Gasteiger charge is -2.26. The molecule has 0 spiro atoms. The summed E-state index contributed by atoms with van der Waals surface area (Å²) in [5.74, 6) is 0.0814. The minimum Gasteiger partial charge on any atom is -0.355 e. The third-order valence-electron chi connectivity index (χ3n) is 4.50. The second-order valence-corrected chi connectivity index (χ2v) is 6.70. The van der Waals surface area contributed by atoms with Crippen molar-refractivity contribution < 1.29 is 9.18 Å². The van der Waals surface area contributed by atoms with E-state index in [-0.39, 0.29) is 30.2 Å². The van der Waals surface area contributed by atoms with E-state index in [1.807, 2.05) is 19.9 Å². The Bertz CT molecular complexity index is 507. The number of halogens is 2. The highest BCUT2D eigenvalue weighted by Gasteiger charge is 2.28. The first-order valence-corrected chi connectivity index (χ1v) is 7.67. The summed E-state index contributed by atoms with van der Waals surface area (Å²) < 4.78 is 13.9. The Morgan fingerprint density at radius 1 is 1.36 bits per heavy atom. The zero-order valence-corrected chi connectivity index (χ0v) is 14.1. The van der Waals surface area contributed by atoms with Crippen LogP contribution in [0.2, 0.25) is 0 Å². The summed E-state index contributed by atoms with van der Waals surface area (Å²) in [6.45, 7) is 4.30. The van der Waals surface area contributed by atoms with Crippen LogP contribution < -0.4 is 11.1 Å². The van der Waals surface area contributed by atoms with E-state index in [1.54, 1.807) is 12.1 Å². The normalized spacial score (nSPS) is 21.3. The van der Waals surface area contributed by atoms with E-state index in [2.05, 4.69) is 5.32 Å². The number of rotatable bonds is 5. The van der Waals surface area contributed by atoms with Gasteiger partial charge in [-0.3, -0.25) is 4.79 Å². The molecule has 1 aromatic carbocycles. The van der Waals surface area contributed by atoms with Crippen LogP contribution in [0.25, 0.3) is 0 Å². The second-order valence-electron chi connectivity index (χ2n) is 6.70. The summed E-state index contributed by atoms with van der Waals surface area (Å²) in [4.78, 5) is 12.0. The largest absolute Gasteiger partial charge is 0.355 e. The summed E-state index contributed by atoms with van der Waals surface area (Å²) in [6.07, 6.45) is 3.64. The van der Waals surface area contributed by atoms with Gasteiger partial charge in [0.15, 0.2) is 0 Å². The fraction of sp³-hybridized carbons (Fsp3) is 0.588. The van der Waals surface area contributed by atoms with Gasteiger partial charge >= 0.3 is 0 Å². The van der Waals surface area contributed by atoms with Crippen molar-refractivity contribution in [2.24, 2.45) is 11.7 Å². The predicted octanol–water partition coefficient (Wildman–Crippen LogP) is 3.16. The molecular formula is C17H26ClFN2O. The third kappa shape index (κ3) is 4.68. The van der Waals surface area contributed by atoms with Gasteiger partial charge in [0.2, 0.25) is 5.91 Å². The lowest BCUT2D eigenvalue weighted by molar-refractivity contribution is -0.122. The van der Waals surface area contributed by atoms with Gasteiger partial charge in [-0.1, -0.05) is 38.5 Å². The van der Waals surface area contributed by atoms with Crippen molar-refractivity contribution in [2.75, 3.05) is 6.54 Å². The molecule has 0 heterocycles. The monoisotopic (exact) mass is 328 g/mol. The van der Waals surface area contributed by atoms with Crippen LogP contribution in [-0.4, -0.2) is 18.5 Å². The van der Waals surface area contributed by atoms with Crippen LogP contribution in [0.3, 0.4) is 0 Å². The van der Waals surface area contributed by atoms with Crippen LogP contribution in [0.4, 0.5) is 4.39 Å². The fourth-order valence-corrected chi connectivity index (χ4v) is 3.05. The van der Waals surface area contributed by atoms with E-state index < -0.39 is 5.41 Å². The highest BCUT2D eigenvalue weighted by Crippen LogP contribution is 2.27. The number of hydrogen-bond donors (Lipinski definition) is 2. The number of nitrogens with two attached hydrogens (primary N) is 1. The minimum absolute atomic E-state index is 0. The molecule has 0 radical (unpaired) electrons. The van der Waals surface area contributed by atoms with E-state index in [1.165, 1.54) is 6.07 Å². The zero-order valence-electron chi connectivity index (χ0n) is 13.3. The second kappa shape index (κ2) is 7.93. The Morgan fingerprint density at radius 2 is 2.05 bits per heavy atom. The van der Waals surface area contributed by atoms with Gasteiger partial charge in [0.05, 0.1) is 0 Å². The molecule has 1 saturated carbocycles. The van der Waals surface area contributed by atoms with Gasteiger partial charge in [0.1, 0.15) is 5.82 Å². The zero-order chi connectivity index (χ0) is 15.5. The summed E-state index contributed by atoms with van der Waals surface area (Å²) in [7, 11) is 0. The van der Waals surface area contributed by atoms with Crippen molar-refractivity contribution in [3.63, 3.8) is 0 Å². The molecule has 2 rings (SSSR count).